The van der Waals surface area contributed by atoms with E-state index in [-0.39, 0.29) is 11.4 Å². The van der Waals surface area contributed by atoms with Crippen LogP contribution in [0.15, 0.2) is 58.6 Å². The maximum absolute atomic E-state index is 12.8. The average molecular weight is 344 g/mol. The Bertz CT molecular complexity index is 997. The van der Waals surface area contributed by atoms with Crippen molar-refractivity contribution in [1.29, 1.82) is 0 Å². The lowest BCUT2D eigenvalue weighted by Gasteiger charge is -2.03. The van der Waals surface area contributed by atoms with Crippen molar-refractivity contribution in [3.05, 3.63) is 80.9 Å². The number of rotatable bonds is 3. The Hall–Kier alpha value is -2.99. The number of aromatic amines is 1. The number of fused-ring (bicyclic) bond motifs is 1. The third-order valence-corrected chi connectivity index (χ3v) is 3.57. The minimum Gasteiger partial charge on any atom is -0.360 e. The number of nitrogens with one attached hydrogen (secondary N) is 2. The van der Waals surface area contributed by atoms with Gasteiger partial charge in [-0.15, -0.1) is 0 Å². The number of hydrogen-bond donors (Lipinski definition) is 2. The van der Waals surface area contributed by atoms with E-state index in [0.29, 0.717) is 21.5 Å². The van der Waals surface area contributed by atoms with Crippen LogP contribution in [0.3, 0.4) is 0 Å². The van der Waals surface area contributed by atoms with Crippen LogP contribution in [0.25, 0.3) is 10.9 Å². The first-order chi connectivity index (χ1) is 11.5. The van der Waals surface area contributed by atoms with Crippen LogP contribution < -0.4 is 10.9 Å². The van der Waals surface area contributed by atoms with Crippen molar-refractivity contribution < 1.29 is 9.18 Å². The zero-order valence-corrected chi connectivity index (χ0v) is 13.0. The molecule has 1 aromatic heterocycles. The molecule has 0 radical (unpaired) electrons. The van der Waals surface area contributed by atoms with Crippen LogP contribution in [0.4, 0.5) is 4.39 Å². The summed E-state index contributed by atoms with van der Waals surface area (Å²) in [6.45, 7) is 0. The molecular formula is C17H11ClFN3O2. The summed E-state index contributed by atoms with van der Waals surface area (Å²) in [5.41, 5.74) is 2.93. The first-order valence-corrected chi connectivity index (χ1v) is 7.32. The number of nitrogens with zero attached hydrogens (tertiary/aromatic N) is 1. The second-order valence-electron chi connectivity index (χ2n) is 4.97. The van der Waals surface area contributed by atoms with E-state index >= 15 is 0 Å². The van der Waals surface area contributed by atoms with Gasteiger partial charge in [0.15, 0.2) is 0 Å². The highest BCUT2D eigenvalue weighted by Crippen LogP contribution is 2.15. The maximum Gasteiger partial charge on any atom is 0.276 e. The van der Waals surface area contributed by atoms with Crippen molar-refractivity contribution in [2.45, 2.75) is 0 Å². The van der Waals surface area contributed by atoms with Gasteiger partial charge in [0.2, 0.25) is 5.43 Å². The number of aromatic nitrogens is 1. The normalized spacial score (nSPS) is 11.1. The number of halogens is 2. The molecule has 3 rings (SSSR count). The fourth-order valence-electron chi connectivity index (χ4n) is 2.14. The average Bonchev–Trinajstić information content (AvgIpc) is 2.56. The van der Waals surface area contributed by atoms with Crippen LogP contribution in [0.1, 0.15) is 15.9 Å². The molecular weight excluding hydrogens is 333 g/mol. The lowest BCUT2D eigenvalue weighted by molar-refractivity contribution is 0.0954. The minimum atomic E-state index is -0.647. The number of pyridine rings is 1. The van der Waals surface area contributed by atoms with Crippen molar-refractivity contribution in [3.8, 4) is 0 Å². The molecule has 0 saturated heterocycles. The molecule has 0 aliphatic rings. The van der Waals surface area contributed by atoms with Gasteiger partial charge in [-0.25, -0.2) is 9.82 Å². The predicted octanol–water partition coefficient (Wildman–Crippen LogP) is 3.08. The summed E-state index contributed by atoms with van der Waals surface area (Å²) in [6, 6.07) is 10.3. The first kappa shape index (κ1) is 15.9. The van der Waals surface area contributed by atoms with Crippen molar-refractivity contribution in [2.24, 2.45) is 5.10 Å². The molecule has 0 saturated carbocycles. The van der Waals surface area contributed by atoms with Crippen LogP contribution in [0, 0.1) is 5.82 Å². The Labute approximate surface area is 140 Å². The summed E-state index contributed by atoms with van der Waals surface area (Å²) < 4.78 is 12.8. The summed E-state index contributed by atoms with van der Waals surface area (Å²) >= 11 is 5.87. The molecule has 0 bridgehead atoms. The summed E-state index contributed by atoms with van der Waals surface area (Å²) in [7, 11) is 0. The highest BCUT2D eigenvalue weighted by atomic mass is 35.5. The highest BCUT2D eigenvalue weighted by Gasteiger charge is 2.12. The molecule has 0 atom stereocenters. The van der Waals surface area contributed by atoms with Gasteiger partial charge in [0, 0.05) is 16.6 Å². The quantitative estimate of drug-likeness (QED) is 0.566. The third kappa shape index (κ3) is 3.33. The van der Waals surface area contributed by atoms with E-state index < -0.39 is 11.3 Å². The summed E-state index contributed by atoms with van der Waals surface area (Å²) in [4.78, 5) is 27.3. The van der Waals surface area contributed by atoms with E-state index in [0.717, 1.165) is 0 Å². The van der Waals surface area contributed by atoms with E-state index in [4.69, 9.17) is 11.6 Å². The SMILES string of the molecule is O=C(N/N=C/c1ccc(F)cc1)c1c[nH]c2cc(Cl)ccc2c1=O. The number of hydrogen-bond acceptors (Lipinski definition) is 3. The van der Waals surface area contributed by atoms with E-state index in [1.165, 1.54) is 36.7 Å². The van der Waals surface area contributed by atoms with Crippen LogP contribution in [0.5, 0.6) is 0 Å². The maximum atomic E-state index is 12.8. The Balaban J connectivity index is 1.81. The van der Waals surface area contributed by atoms with Gasteiger partial charge in [-0.05, 0) is 35.9 Å². The van der Waals surface area contributed by atoms with Crippen molar-refractivity contribution >= 4 is 34.6 Å². The number of hydrazone groups is 1. The van der Waals surface area contributed by atoms with Gasteiger partial charge in [-0.2, -0.15) is 5.10 Å². The highest BCUT2D eigenvalue weighted by molar-refractivity contribution is 6.31. The molecule has 1 amide bonds. The van der Waals surface area contributed by atoms with Gasteiger partial charge in [0.1, 0.15) is 11.4 Å². The molecule has 0 aliphatic carbocycles. The molecule has 0 aliphatic heterocycles. The number of carbonyl (C=O) groups is 1. The van der Waals surface area contributed by atoms with Crippen LogP contribution in [-0.4, -0.2) is 17.1 Å². The minimum absolute atomic E-state index is 0.0684. The van der Waals surface area contributed by atoms with Gasteiger partial charge in [0.25, 0.3) is 5.91 Å². The fourth-order valence-corrected chi connectivity index (χ4v) is 2.31. The molecule has 24 heavy (non-hydrogen) atoms. The molecule has 0 unspecified atom stereocenters. The second kappa shape index (κ2) is 6.64. The lowest BCUT2D eigenvalue weighted by Crippen LogP contribution is -2.25. The number of carbonyl (C=O) groups excluding carboxylic acids is 1. The first-order valence-electron chi connectivity index (χ1n) is 6.94. The Morgan fingerprint density at radius 2 is 1.96 bits per heavy atom. The zero-order valence-electron chi connectivity index (χ0n) is 12.2. The number of benzene rings is 2. The Morgan fingerprint density at radius 1 is 1.21 bits per heavy atom. The molecule has 0 spiro atoms. The molecule has 7 heteroatoms. The van der Waals surface area contributed by atoms with Crippen LogP contribution >= 0.6 is 11.6 Å². The van der Waals surface area contributed by atoms with Gasteiger partial charge >= 0.3 is 0 Å². The topological polar surface area (TPSA) is 74.3 Å². The van der Waals surface area contributed by atoms with Gasteiger partial charge in [-0.1, -0.05) is 23.7 Å². The number of H-pyrrole nitrogens is 1. The second-order valence-corrected chi connectivity index (χ2v) is 5.41. The van der Waals surface area contributed by atoms with Gasteiger partial charge in [0.05, 0.1) is 11.7 Å². The summed E-state index contributed by atoms with van der Waals surface area (Å²) in [6.07, 6.45) is 2.66. The van der Waals surface area contributed by atoms with Crippen LogP contribution in [0.2, 0.25) is 5.02 Å². The summed E-state index contributed by atoms with van der Waals surface area (Å²) in [5, 5.41) is 4.60. The van der Waals surface area contributed by atoms with Crippen molar-refractivity contribution in [3.63, 3.8) is 0 Å². The van der Waals surface area contributed by atoms with E-state index in [1.807, 2.05) is 0 Å². The summed E-state index contributed by atoms with van der Waals surface area (Å²) in [5.74, 6) is -1.01. The molecule has 120 valence electrons. The standard InChI is InChI=1S/C17H11ClFN3O2/c18-11-3-6-13-15(7-11)20-9-14(16(13)23)17(24)22-21-8-10-1-4-12(19)5-2-10/h1-9H,(H,20,23)(H,22,24)/b21-8+. The van der Waals surface area contributed by atoms with Crippen LogP contribution in [-0.2, 0) is 0 Å². The van der Waals surface area contributed by atoms with Gasteiger partial charge in [-0.3, -0.25) is 9.59 Å². The Morgan fingerprint density at radius 3 is 2.71 bits per heavy atom. The van der Waals surface area contributed by atoms with E-state index in [9.17, 15) is 14.0 Å². The molecule has 5 nitrogen and oxygen atoms in total. The molecule has 0 fully saturated rings. The van der Waals surface area contributed by atoms with E-state index in [1.54, 1.807) is 18.2 Å². The van der Waals surface area contributed by atoms with Crippen molar-refractivity contribution in [1.82, 2.24) is 10.4 Å². The monoisotopic (exact) mass is 343 g/mol. The third-order valence-electron chi connectivity index (χ3n) is 3.34. The lowest BCUT2D eigenvalue weighted by atomic mass is 10.1. The van der Waals surface area contributed by atoms with Gasteiger partial charge < -0.3 is 4.98 Å². The molecule has 2 N–H and O–H groups in total. The van der Waals surface area contributed by atoms with E-state index in [2.05, 4.69) is 15.5 Å². The number of amides is 1. The molecule has 3 aromatic rings. The predicted molar refractivity (Wildman–Crippen MR) is 91.0 cm³/mol. The fraction of sp³-hybridized carbons (Fsp3) is 0. The molecule has 1 heterocycles. The largest absolute Gasteiger partial charge is 0.360 e. The Kier molecular flexibility index (Phi) is 4.39. The van der Waals surface area contributed by atoms with Crippen molar-refractivity contribution in [2.75, 3.05) is 0 Å². The smallest absolute Gasteiger partial charge is 0.276 e. The zero-order chi connectivity index (χ0) is 17.1. The molecule has 2 aromatic carbocycles.